The van der Waals surface area contributed by atoms with Crippen LogP contribution in [0.25, 0.3) is 0 Å². The van der Waals surface area contributed by atoms with Crippen molar-refractivity contribution in [3.8, 4) is 0 Å². The number of nitrogens with two attached hydrogens (primary N) is 1. The van der Waals surface area contributed by atoms with Gasteiger partial charge in [0.05, 0.1) is 6.54 Å². The molecular formula is C10H23N3O2. The Morgan fingerprint density at radius 1 is 1.20 bits per heavy atom. The molecule has 5 heteroatoms. The smallest absolute Gasteiger partial charge is 0.317 e. The van der Waals surface area contributed by atoms with Crippen molar-refractivity contribution in [2.45, 2.75) is 13.8 Å². The number of carboxylic acid groups (broad SMARTS) is 1. The van der Waals surface area contributed by atoms with Gasteiger partial charge < -0.3 is 10.8 Å². The molecule has 1 aliphatic rings. The number of piperazine rings is 1. The molecule has 5 nitrogen and oxygen atoms in total. The number of hydrogen-bond donors (Lipinski definition) is 2. The monoisotopic (exact) mass is 217 g/mol. The van der Waals surface area contributed by atoms with Crippen molar-refractivity contribution < 1.29 is 9.90 Å². The fourth-order valence-electron chi connectivity index (χ4n) is 1.54. The lowest BCUT2D eigenvalue weighted by Gasteiger charge is -2.33. The summed E-state index contributed by atoms with van der Waals surface area (Å²) >= 11 is 0. The fraction of sp³-hybridized carbons (Fsp3) is 0.900. The number of carbonyl (C=O) groups is 1. The second kappa shape index (κ2) is 8.64. The van der Waals surface area contributed by atoms with Crippen molar-refractivity contribution in [3.63, 3.8) is 0 Å². The quantitative estimate of drug-likeness (QED) is 0.675. The van der Waals surface area contributed by atoms with Gasteiger partial charge in [0, 0.05) is 39.3 Å². The van der Waals surface area contributed by atoms with Crippen LogP contribution in [0.3, 0.4) is 0 Å². The fourth-order valence-corrected chi connectivity index (χ4v) is 1.54. The van der Waals surface area contributed by atoms with E-state index in [0.717, 1.165) is 32.7 Å². The lowest BCUT2D eigenvalue weighted by Crippen LogP contribution is -2.48. The second-order valence-electron chi connectivity index (χ2n) is 3.30. The van der Waals surface area contributed by atoms with Gasteiger partial charge in [0.25, 0.3) is 0 Å². The van der Waals surface area contributed by atoms with Crippen LogP contribution in [0, 0.1) is 0 Å². The maximum Gasteiger partial charge on any atom is 0.317 e. The Morgan fingerprint density at radius 2 is 1.67 bits per heavy atom. The minimum atomic E-state index is -0.743. The van der Waals surface area contributed by atoms with Crippen molar-refractivity contribution >= 4 is 5.97 Å². The summed E-state index contributed by atoms with van der Waals surface area (Å²) in [5, 5.41) is 8.56. The van der Waals surface area contributed by atoms with Gasteiger partial charge >= 0.3 is 5.97 Å². The molecule has 1 heterocycles. The molecule has 0 aromatic heterocycles. The molecule has 0 aliphatic carbocycles. The summed E-state index contributed by atoms with van der Waals surface area (Å²) in [7, 11) is 0. The molecule has 15 heavy (non-hydrogen) atoms. The van der Waals surface area contributed by atoms with Crippen LogP contribution in [0.5, 0.6) is 0 Å². The predicted octanol–water partition coefficient (Wildman–Crippen LogP) is -0.326. The van der Waals surface area contributed by atoms with Crippen molar-refractivity contribution in [3.05, 3.63) is 0 Å². The average molecular weight is 217 g/mol. The first kappa shape index (κ1) is 14.3. The van der Waals surface area contributed by atoms with Crippen LogP contribution in [0.2, 0.25) is 0 Å². The molecule has 0 amide bonds. The van der Waals surface area contributed by atoms with Crippen LogP contribution < -0.4 is 5.73 Å². The zero-order valence-corrected chi connectivity index (χ0v) is 9.78. The Bertz CT molecular complexity index is 168. The molecule has 0 saturated carbocycles. The minimum absolute atomic E-state index is 0.163. The third kappa shape index (κ3) is 6.43. The van der Waals surface area contributed by atoms with E-state index in [1.54, 1.807) is 0 Å². The van der Waals surface area contributed by atoms with Gasteiger partial charge in [-0.1, -0.05) is 13.8 Å². The van der Waals surface area contributed by atoms with Gasteiger partial charge in [-0.3, -0.25) is 14.6 Å². The topological polar surface area (TPSA) is 69.8 Å². The maximum atomic E-state index is 10.4. The van der Waals surface area contributed by atoms with Gasteiger partial charge in [-0.15, -0.1) is 0 Å². The SMILES string of the molecule is CC.NCCN1CCN(CC(=O)O)CC1. The van der Waals surface area contributed by atoms with Crippen LogP contribution >= 0.6 is 0 Å². The van der Waals surface area contributed by atoms with Crippen LogP contribution in [-0.2, 0) is 4.79 Å². The third-order valence-corrected chi connectivity index (χ3v) is 2.27. The van der Waals surface area contributed by atoms with Gasteiger partial charge in [-0.05, 0) is 0 Å². The molecule has 1 aliphatic heterocycles. The molecule has 90 valence electrons. The molecule has 1 saturated heterocycles. The molecule has 0 aromatic rings. The lowest BCUT2D eigenvalue weighted by atomic mass is 10.3. The Morgan fingerprint density at radius 3 is 2.07 bits per heavy atom. The number of carboxylic acids is 1. The highest BCUT2D eigenvalue weighted by molar-refractivity contribution is 5.69. The molecule has 0 spiro atoms. The average Bonchev–Trinajstić information content (AvgIpc) is 2.24. The first-order valence-corrected chi connectivity index (χ1v) is 5.59. The second-order valence-corrected chi connectivity index (χ2v) is 3.30. The molecule has 0 bridgehead atoms. The van der Waals surface area contributed by atoms with Crippen molar-refractivity contribution in [1.29, 1.82) is 0 Å². The molecule has 0 unspecified atom stereocenters. The van der Waals surface area contributed by atoms with E-state index in [4.69, 9.17) is 10.8 Å². The van der Waals surface area contributed by atoms with E-state index in [-0.39, 0.29) is 6.54 Å². The minimum Gasteiger partial charge on any atom is -0.480 e. The zero-order valence-electron chi connectivity index (χ0n) is 9.78. The first-order chi connectivity index (χ1) is 7.22. The molecule has 0 atom stereocenters. The lowest BCUT2D eigenvalue weighted by molar-refractivity contribution is -0.138. The number of hydrogen-bond acceptors (Lipinski definition) is 4. The van der Waals surface area contributed by atoms with E-state index in [1.807, 2.05) is 18.7 Å². The number of rotatable bonds is 4. The van der Waals surface area contributed by atoms with Crippen molar-refractivity contribution in [2.24, 2.45) is 5.73 Å². The Balaban J connectivity index is 0.000000921. The highest BCUT2D eigenvalue weighted by atomic mass is 16.4. The molecule has 1 fully saturated rings. The van der Waals surface area contributed by atoms with E-state index in [2.05, 4.69) is 4.90 Å². The summed E-state index contributed by atoms with van der Waals surface area (Å²) in [4.78, 5) is 14.6. The number of aliphatic carboxylic acids is 1. The molecule has 3 N–H and O–H groups in total. The van der Waals surface area contributed by atoms with E-state index in [0.29, 0.717) is 6.54 Å². The van der Waals surface area contributed by atoms with Gasteiger partial charge in [0.15, 0.2) is 0 Å². The van der Waals surface area contributed by atoms with Gasteiger partial charge in [-0.2, -0.15) is 0 Å². The normalized spacial score (nSPS) is 18.1. The molecule has 0 radical (unpaired) electrons. The summed E-state index contributed by atoms with van der Waals surface area (Å²) in [5.74, 6) is -0.743. The van der Waals surface area contributed by atoms with Crippen LogP contribution in [0.1, 0.15) is 13.8 Å². The molecule has 0 aromatic carbocycles. The van der Waals surface area contributed by atoms with Gasteiger partial charge in [0.2, 0.25) is 0 Å². The summed E-state index contributed by atoms with van der Waals surface area (Å²) in [5.41, 5.74) is 5.43. The Kier molecular flexibility index (Phi) is 8.27. The summed E-state index contributed by atoms with van der Waals surface area (Å²) in [6.45, 7) is 9.31. The van der Waals surface area contributed by atoms with E-state index >= 15 is 0 Å². The van der Waals surface area contributed by atoms with E-state index < -0.39 is 5.97 Å². The zero-order chi connectivity index (χ0) is 11.7. The summed E-state index contributed by atoms with van der Waals surface area (Å²) < 4.78 is 0. The van der Waals surface area contributed by atoms with Crippen LogP contribution in [0.4, 0.5) is 0 Å². The maximum absolute atomic E-state index is 10.4. The van der Waals surface area contributed by atoms with Gasteiger partial charge in [0.1, 0.15) is 0 Å². The van der Waals surface area contributed by atoms with E-state index in [1.165, 1.54) is 0 Å². The third-order valence-electron chi connectivity index (χ3n) is 2.27. The highest BCUT2D eigenvalue weighted by Gasteiger charge is 2.17. The van der Waals surface area contributed by atoms with E-state index in [9.17, 15) is 4.79 Å². The highest BCUT2D eigenvalue weighted by Crippen LogP contribution is 1.99. The summed E-state index contributed by atoms with van der Waals surface area (Å²) in [6, 6.07) is 0. The van der Waals surface area contributed by atoms with Crippen molar-refractivity contribution in [2.75, 3.05) is 45.8 Å². The van der Waals surface area contributed by atoms with Gasteiger partial charge in [-0.25, -0.2) is 0 Å². The summed E-state index contributed by atoms with van der Waals surface area (Å²) in [6.07, 6.45) is 0. The van der Waals surface area contributed by atoms with Crippen molar-refractivity contribution in [1.82, 2.24) is 9.80 Å². The number of nitrogens with zero attached hydrogens (tertiary/aromatic N) is 2. The molecule has 1 rings (SSSR count). The van der Waals surface area contributed by atoms with Crippen LogP contribution in [-0.4, -0.2) is 66.7 Å². The largest absolute Gasteiger partial charge is 0.480 e. The van der Waals surface area contributed by atoms with Crippen LogP contribution in [0.15, 0.2) is 0 Å². The standard InChI is InChI=1S/C8H17N3O2.C2H6/c9-1-2-10-3-5-11(6-4-10)7-8(12)13;1-2/h1-7,9H2,(H,12,13);1-2H3. The Hall–Kier alpha value is -0.650. The molecular weight excluding hydrogens is 194 g/mol. The predicted molar refractivity (Wildman–Crippen MR) is 60.9 cm³/mol. The first-order valence-electron chi connectivity index (χ1n) is 5.59. The Labute approximate surface area is 91.8 Å².